The second-order valence-electron chi connectivity index (χ2n) is 7.44. The van der Waals surface area contributed by atoms with Crippen molar-refractivity contribution in [3.63, 3.8) is 0 Å². The molecular weight excluding hydrogens is 397 g/mol. The molecule has 1 aliphatic rings. The highest BCUT2D eigenvalue weighted by molar-refractivity contribution is 5.92. The van der Waals surface area contributed by atoms with Crippen molar-refractivity contribution in [2.45, 2.75) is 0 Å². The van der Waals surface area contributed by atoms with Gasteiger partial charge in [-0.1, -0.05) is 12.1 Å². The Morgan fingerprint density at radius 1 is 0.968 bits per heavy atom. The van der Waals surface area contributed by atoms with E-state index in [0.29, 0.717) is 11.4 Å². The predicted molar refractivity (Wildman–Crippen MR) is 118 cm³/mol. The van der Waals surface area contributed by atoms with Crippen LogP contribution in [0.3, 0.4) is 0 Å². The maximum atomic E-state index is 12.9. The van der Waals surface area contributed by atoms with Crippen molar-refractivity contribution in [1.29, 1.82) is 0 Å². The van der Waals surface area contributed by atoms with Crippen LogP contribution in [0.1, 0.15) is 0 Å². The first-order valence-electron chi connectivity index (χ1n) is 10.1. The summed E-state index contributed by atoms with van der Waals surface area (Å²) in [4.78, 5) is 16.6. The van der Waals surface area contributed by atoms with Gasteiger partial charge in [0.2, 0.25) is 0 Å². The summed E-state index contributed by atoms with van der Waals surface area (Å²) in [5.74, 6) is 0.677. The molecule has 4 rings (SSSR count). The molecule has 1 aromatic heterocycles. The Labute approximate surface area is 180 Å². The Morgan fingerprint density at radius 3 is 2.32 bits per heavy atom. The van der Waals surface area contributed by atoms with E-state index in [-0.39, 0.29) is 18.3 Å². The molecule has 2 heterocycles. The maximum absolute atomic E-state index is 12.9. The van der Waals surface area contributed by atoms with Gasteiger partial charge < -0.3 is 19.9 Å². The van der Waals surface area contributed by atoms with E-state index in [2.05, 4.69) is 32.4 Å². The first-order valence-corrected chi connectivity index (χ1v) is 10.1. The van der Waals surface area contributed by atoms with Crippen molar-refractivity contribution in [2.24, 2.45) is 0 Å². The minimum atomic E-state index is -0.351. The van der Waals surface area contributed by atoms with Crippen LogP contribution in [0.5, 0.6) is 5.75 Å². The van der Waals surface area contributed by atoms with Crippen LogP contribution in [0.15, 0.2) is 60.7 Å². The monoisotopic (exact) mass is 421 g/mol. The summed E-state index contributed by atoms with van der Waals surface area (Å²) in [6, 6.07) is 16.9. The van der Waals surface area contributed by atoms with Crippen LogP contribution in [0.25, 0.3) is 11.3 Å². The number of amides is 1. The Hall–Kier alpha value is -3.52. The molecule has 0 unspecified atom stereocenters. The molecular formula is C23H24FN5O2. The van der Waals surface area contributed by atoms with E-state index in [0.717, 1.165) is 43.3 Å². The minimum Gasteiger partial charge on any atom is -0.484 e. The lowest BCUT2D eigenvalue weighted by Crippen LogP contribution is -2.44. The number of rotatable bonds is 6. The lowest BCUT2D eigenvalue weighted by molar-refractivity contribution is -0.118. The second kappa shape index (κ2) is 9.53. The zero-order valence-electron chi connectivity index (χ0n) is 17.3. The average Bonchev–Trinajstić information content (AvgIpc) is 2.80. The van der Waals surface area contributed by atoms with E-state index in [1.165, 1.54) is 24.3 Å². The summed E-state index contributed by atoms with van der Waals surface area (Å²) in [7, 11) is 2.12. The van der Waals surface area contributed by atoms with Crippen LogP contribution in [0.4, 0.5) is 15.9 Å². The fourth-order valence-electron chi connectivity index (χ4n) is 3.28. The Bertz CT molecular complexity index is 1000. The fourth-order valence-corrected chi connectivity index (χ4v) is 3.28. The highest BCUT2D eigenvalue weighted by Gasteiger charge is 2.15. The van der Waals surface area contributed by atoms with Crippen LogP contribution >= 0.6 is 0 Å². The molecule has 1 amide bonds. The molecule has 1 fully saturated rings. The number of piperazine rings is 1. The van der Waals surface area contributed by atoms with Gasteiger partial charge in [0.05, 0.1) is 5.69 Å². The highest BCUT2D eigenvalue weighted by Crippen LogP contribution is 2.21. The standard InChI is InChI=1S/C23H24FN5O2/c1-28-12-14-29(15-13-28)22-11-10-21(26-27-22)17-2-6-19(7-3-17)25-23(30)16-31-20-8-4-18(24)5-9-20/h2-11H,12-16H2,1H3,(H,25,30). The first-order chi connectivity index (χ1) is 15.1. The number of aromatic nitrogens is 2. The largest absolute Gasteiger partial charge is 0.484 e. The number of nitrogens with zero attached hydrogens (tertiary/aromatic N) is 4. The number of hydrogen-bond acceptors (Lipinski definition) is 6. The van der Waals surface area contributed by atoms with Crippen molar-refractivity contribution >= 4 is 17.4 Å². The SMILES string of the molecule is CN1CCN(c2ccc(-c3ccc(NC(=O)COc4ccc(F)cc4)cc3)nn2)CC1. The molecule has 0 aliphatic carbocycles. The molecule has 0 spiro atoms. The topological polar surface area (TPSA) is 70.6 Å². The lowest BCUT2D eigenvalue weighted by atomic mass is 10.1. The number of anilines is 2. The minimum absolute atomic E-state index is 0.160. The van der Waals surface area contributed by atoms with Crippen molar-refractivity contribution in [1.82, 2.24) is 15.1 Å². The summed E-state index contributed by atoms with van der Waals surface area (Å²) >= 11 is 0. The molecule has 1 saturated heterocycles. The van der Waals surface area contributed by atoms with Crippen LogP contribution in [0, 0.1) is 5.82 Å². The van der Waals surface area contributed by atoms with E-state index in [9.17, 15) is 9.18 Å². The number of carbonyl (C=O) groups excluding carboxylic acids is 1. The van der Waals surface area contributed by atoms with E-state index >= 15 is 0 Å². The van der Waals surface area contributed by atoms with E-state index in [1.54, 1.807) is 12.1 Å². The summed E-state index contributed by atoms with van der Waals surface area (Å²) < 4.78 is 18.3. The van der Waals surface area contributed by atoms with Crippen LogP contribution < -0.4 is 15.0 Å². The summed E-state index contributed by atoms with van der Waals surface area (Å²) in [5, 5.41) is 11.5. The van der Waals surface area contributed by atoms with E-state index in [1.807, 2.05) is 24.3 Å². The molecule has 0 radical (unpaired) electrons. The molecule has 1 aliphatic heterocycles. The predicted octanol–water partition coefficient (Wildman–Crippen LogP) is 3.05. The molecule has 160 valence electrons. The van der Waals surface area contributed by atoms with Crippen LogP contribution in [-0.4, -0.2) is 60.8 Å². The van der Waals surface area contributed by atoms with E-state index in [4.69, 9.17) is 4.74 Å². The van der Waals surface area contributed by atoms with Gasteiger partial charge in [-0.3, -0.25) is 4.79 Å². The van der Waals surface area contributed by atoms with Crippen molar-refractivity contribution < 1.29 is 13.9 Å². The zero-order chi connectivity index (χ0) is 21.6. The van der Waals surface area contributed by atoms with Gasteiger partial charge in [0.25, 0.3) is 5.91 Å². The average molecular weight is 421 g/mol. The quantitative estimate of drug-likeness (QED) is 0.660. The van der Waals surface area contributed by atoms with Gasteiger partial charge >= 0.3 is 0 Å². The van der Waals surface area contributed by atoms with Gasteiger partial charge in [-0.15, -0.1) is 10.2 Å². The second-order valence-corrected chi connectivity index (χ2v) is 7.44. The molecule has 3 aromatic rings. The van der Waals surface area contributed by atoms with Gasteiger partial charge in [-0.2, -0.15) is 0 Å². The third-order valence-electron chi connectivity index (χ3n) is 5.13. The van der Waals surface area contributed by atoms with Gasteiger partial charge in [0, 0.05) is 37.4 Å². The fraction of sp³-hybridized carbons (Fsp3) is 0.261. The molecule has 2 aromatic carbocycles. The number of likely N-dealkylation sites (N-methyl/N-ethyl adjacent to an activating group) is 1. The number of carbonyl (C=O) groups is 1. The van der Waals surface area contributed by atoms with Crippen LogP contribution in [-0.2, 0) is 4.79 Å². The number of ether oxygens (including phenoxy) is 1. The first kappa shape index (κ1) is 20.7. The third-order valence-corrected chi connectivity index (χ3v) is 5.13. The third kappa shape index (κ3) is 5.55. The molecule has 0 saturated carbocycles. The summed E-state index contributed by atoms with van der Waals surface area (Å²) in [6.45, 7) is 3.78. The van der Waals surface area contributed by atoms with Crippen molar-refractivity contribution in [3.8, 4) is 17.0 Å². The number of hydrogen-bond donors (Lipinski definition) is 1. The zero-order valence-corrected chi connectivity index (χ0v) is 17.3. The van der Waals surface area contributed by atoms with Gasteiger partial charge in [-0.25, -0.2) is 4.39 Å². The van der Waals surface area contributed by atoms with Crippen LogP contribution in [0.2, 0.25) is 0 Å². The Morgan fingerprint density at radius 2 is 1.68 bits per heavy atom. The van der Waals surface area contributed by atoms with Gasteiger partial charge in [0.15, 0.2) is 12.4 Å². The maximum Gasteiger partial charge on any atom is 0.262 e. The molecule has 0 bridgehead atoms. The van der Waals surface area contributed by atoms with Crippen molar-refractivity contribution in [3.05, 3.63) is 66.5 Å². The molecule has 0 atom stereocenters. The number of halogens is 1. The van der Waals surface area contributed by atoms with Gasteiger partial charge in [-0.05, 0) is 55.6 Å². The van der Waals surface area contributed by atoms with E-state index < -0.39 is 0 Å². The normalized spacial score (nSPS) is 14.3. The van der Waals surface area contributed by atoms with Gasteiger partial charge in [0.1, 0.15) is 11.6 Å². The summed E-state index contributed by atoms with van der Waals surface area (Å²) in [5.41, 5.74) is 2.34. The van der Waals surface area contributed by atoms with Crippen molar-refractivity contribution in [2.75, 3.05) is 50.1 Å². The molecule has 7 nitrogen and oxygen atoms in total. The Balaban J connectivity index is 1.31. The number of benzene rings is 2. The Kier molecular flexibility index (Phi) is 6.37. The molecule has 31 heavy (non-hydrogen) atoms. The highest BCUT2D eigenvalue weighted by atomic mass is 19.1. The lowest BCUT2D eigenvalue weighted by Gasteiger charge is -2.32. The molecule has 1 N–H and O–H groups in total. The summed E-state index contributed by atoms with van der Waals surface area (Å²) in [6.07, 6.45) is 0. The molecule has 8 heteroatoms. The number of nitrogens with one attached hydrogen (secondary N) is 1. The smallest absolute Gasteiger partial charge is 0.262 e.